The van der Waals surface area contributed by atoms with E-state index in [9.17, 15) is 9.18 Å². The lowest BCUT2D eigenvalue weighted by Gasteiger charge is -2.13. The Kier molecular flexibility index (Phi) is 4.76. The standard InChI is InChI=1S/C18H15FN2O3/c19-15-9-4-10-16(24-13-6-2-1-3-7-13)17(15)21-18(22)20-12-14-8-5-11-23-14/h1-11H,12H2,(H2,20,21,22). The highest BCUT2D eigenvalue weighted by Gasteiger charge is 2.14. The highest BCUT2D eigenvalue weighted by atomic mass is 19.1. The minimum atomic E-state index is -0.587. The predicted octanol–water partition coefficient (Wildman–Crippen LogP) is 4.53. The SMILES string of the molecule is O=C(NCc1ccco1)Nc1c(F)cccc1Oc1ccccc1. The Labute approximate surface area is 138 Å². The molecule has 0 saturated carbocycles. The van der Waals surface area contributed by atoms with Crippen LogP contribution >= 0.6 is 0 Å². The van der Waals surface area contributed by atoms with Gasteiger partial charge in [-0.05, 0) is 36.4 Å². The monoisotopic (exact) mass is 326 g/mol. The highest BCUT2D eigenvalue weighted by Crippen LogP contribution is 2.31. The van der Waals surface area contributed by atoms with Crippen LogP contribution in [0.5, 0.6) is 11.5 Å². The van der Waals surface area contributed by atoms with E-state index in [1.807, 2.05) is 6.07 Å². The molecule has 5 nitrogen and oxygen atoms in total. The number of benzene rings is 2. The molecular formula is C18H15FN2O3. The van der Waals surface area contributed by atoms with E-state index in [0.717, 1.165) is 0 Å². The van der Waals surface area contributed by atoms with Crippen molar-refractivity contribution in [2.45, 2.75) is 6.54 Å². The topological polar surface area (TPSA) is 63.5 Å². The van der Waals surface area contributed by atoms with Gasteiger partial charge in [-0.2, -0.15) is 0 Å². The molecule has 122 valence electrons. The summed E-state index contributed by atoms with van der Waals surface area (Å²) in [4.78, 5) is 12.0. The maximum absolute atomic E-state index is 14.1. The van der Waals surface area contributed by atoms with Crippen molar-refractivity contribution in [2.75, 3.05) is 5.32 Å². The Balaban J connectivity index is 1.71. The molecule has 1 heterocycles. The van der Waals surface area contributed by atoms with Gasteiger partial charge < -0.3 is 19.8 Å². The van der Waals surface area contributed by atoms with Crippen LogP contribution in [0.2, 0.25) is 0 Å². The molecule has 0 radical (unpaired) electrons. The minimum absolute atomic E-state index is 0.0294. The third kappa shape index (κ3) is 3.92. The maximum atomic E-state index is 14.1. The number of furan rings is 1. The van der Waals surface area contributed by atoms with E-state index in [2.05, 4.69) is 10.6 Å². The van der Waals surface area contributed by atoms with Gasteiger partial charge in [-0.15, -0.1) is 0 Å². The predicted molar refractivity (Wildman–Crippen MR) is 87.5 cm³/mol. The average Bonchev–Trinajstić information content (AvgIpc) is 3.11. The molecule has 0 aliphatic rings. The Bertz CT molecular complexity index is 804. The van der Waals surface area contributed by atoms with Gasteiger partial charge in [0.1, 0.15) is 17.2 Å². The number of anilines is 1. The van der Waals surface area contributed by atoms with Gasteiger partial charge in [-0.1, -0.05) is 24.3 Å². The molecule has 6 heteroatoms. The van der Waals surface area contributed by atoms with E-state index >= 15 is 0 Å². The molecule has 0 aliphatic heterocycles. The minimum Gasteiger partial charge on any atom is -0.467 e. The molecule has 0 fully saturated rings. The van der Waals surface area contributed by atoms with Gasteiger partial charge in [-0.3, -0.25) is 0 Å². The molecule has 0 unspecified atom stereocenters. The Morgan fingerprint density at radius 1 is 1.04 bits per heavy atom. The second kappa shape index (κ2) is 7.32. The van der Waals surface area contributed by atoms with Crippen LogP contribution in [0, 0.1) is 5.82 Å². The summed E-state index contributed by atoms with van der Waals surface area (Å²) in [5.74, 6) is 0.771. The van der Waals surface area contributed by atoms with Crippen LogP contribution in [0.4, 0.5) is 14.9 Å². The van der Waals surface area contributed by atoms with Gasteiger partial charge in [0.15, 0.2) is 11.6 Å². The van der Waals surface area contributed by atoms with Crippen LogP contribution in [0.15, 0.2) is 71.3 Å². The summed E-state index contributed by atoms with van der Waals surface area (Å²) in [6, 6.07) is 16.2. The first kappa shape index (κ1) is 15.6. The lowest BCUT2D eigenvalue weighted by Crippen LogP contribution is -2.28. The number of hydrogen-bond donors (Lipinski definition) is 2. The molecule has 1 aromatic heterocycles. The van der Waals surface area contributed by atoms with Crippen molar-refractivity contribution in [2.24, 2.45) is 0 Å². The summed E-state index contributed by atoms with van der Waals surface area (Å²) in [5, 5.41) is 5.06. The third-order valence-electron chi connectivity index (χ3n) is 3.19. The largest absolute Gasteiger partial charge is 0.467 e. The second-order valence-corrected chi connectivity index (χ2v) is 4.92. The molecule has 2 N–H and O–H groups in total. The fourth-order valence-corrected chi connectivity index (χ4v) is 2.06. The molecule has 2 amide bonds. The summed E-state index contributed by atoms with van der Waals surface area (Å²) in [6.45, 7) is 0.197. The van der Waals surface area contributed by atoms with Crippen LogP contribution in [-0.2, 0) is 6.54 Å². The first-order chi connectivity index (χ1) is 11.7. The first-order valence-corrected chi connectivity index (χ1v) is 7.31. The van der Waals surface area contributed by atoms with Crippen molar-refractivity contribution in [3.63, 3.8) is 0 Å². The average molecular weight is 326 g/mol. The smallest absolute Gasteiger partial charge is 0.319 e. The van der Waals surface area contributed by atoms with Crippen LogP contribution < -0.4 is 15.4 Å². The zero-order chi connectivity index (χ0) is 16.8. The molecule has 3 rings (SSSR count). The van der Waals surface area contributed by atoms with Crippen molar-refractivity contribution >= 4 is 11.7 Å². The number of urea groups is 1. The van der Waals surface area contributed by atoms with Gasteiger partial charge >= 0.3 is 6.03 Å². The Morgan fingerprint density at radius 3 is 2.62 bits per heavy atom. The van der Waals surface area contributed by atoms with Crippen LogP contribution in [0.1, 0.15) is 5.76 Å². The third-order valence-corrected chi connectivity index (χ3v) is 3.19. The summed E-state index contributed by atoms with van der Waals surface area (Å²) in [6.07, 6.45) is 1.51. The lowest BCUT2D eigenvalue weighted by molar-refractivity contribution is 0.250. The molecule has 0 aliphatic carbocycles. The summed E-state index contributed by atoms with van der Waals surface area (Å²) >= 11 is 0. The first-order valence-electron chi connectivity index (χ1n) is 7.31. The molecule has 0 bridgehead atoms. The number of halogens is 1. The molecule has 0 spiro atoms. The van der Waals surface area contributed by atoms with Crippen molar-refractivity contribution < 1.29 is 18.3 Å². The van der Waals surface area contributed by atoms with E-state index in [1.165, 1.54) is 18.4 Å². The lowest BCUT2D eigenvalue weighted by atomic mass is 10.2. The van der Waals surface area contributed by atoms with Crippen molar-refractivity contribution in [3.05, 3.63) is 78.5 Å². The van der Waals surface area contributed by atoms with E-state index in [4.69, 9.17) is 9.15 Å². The molecular weight excluding hydrogens is 311 g/mol. The molecule has 0 atom stereocenters. The number of amides is 2. The summed E-state index contributed by atoms with van der Waals surface area (Å²) in [7, 11) is 0. The number of carbonyl (C=O) groups excluding carboxylic acids is 1. The number of para-hydroxylation sites is 2. The number of ether oxygens (including phenoxy) is 1. The van der Waals surface area contributed by atoms with E-state index in [0.29, 0.717) is 11.5 Å². The summed E-state index contributed by atoms with van der Waals surface area (Å²) < 4.78 is 24.8. The number of rotatable bonds is 5. The fraction of sp³-hybridized carbons (Fsp3) is 0.0556. The quantitative estimate of drug-likeness (QED) is 0.724. The highest BCUT2D eigenvalue weighted by molar-refractivity contribution is 5.91. The van der Waals surface area contributed by atoms with E-state index in [1.54, 1.807) is 42.5 Å². The normalized spacial score (nSPS) is 10.2. The van der Waals surface area contributed by atoms with Gasteiger partial charge in [0.2, 0.25) is 0 Å². The molecule has 0 saturated heterocycles. The second-order valence-electron chi connectivity index (χ2n) is 4.92. The zero-order valence-electron chi connectivity index (χ0n) is 12.7. The van der Waals surface area contributed by atoms with Crippen molar-refractivity contribution in [3.8, 4) is 11.5 Å². The van der Waals surface area contributed by atoms with Crippen molar-refractivity contribution in [1.82, 2.24) is 5.32 Å². The van der Waals surface area contributed by atoms with Crippen LogP contribution in [0.25, 0.3) is 0 Å². The molecule has 3 aromatic rings. The van der Waals surface area contributed by atoms with Crippen LogP contribution in [0.3, 0.4) is 0 Å². The maximum Gasteiger partial charge on any atom is 0.319 e. The van der Waals surface area contributed by atoms with E-state index in [-0.39, 0.29) is 18.0 Å². The summed E-state index contributed by atoms with van der Waals surface area (Å²) in [5.41, 5.74) is -0.0294. The number of carbonyl (C=O) groups is 1. The number of nitrogens with one attached hydrogen (secondary N) is 2. The number of hydrogen-bond acceptors (Lipinski definition) is 3. The zero-order valence-corrected chi connectivity index (χ0v) is 12.7. The molecule has 2 aromatic carbocycles. The Morgan fingerprint density at radius 2 is 1.88 bits per heavy atom. The van der Waals surface area contributed by atoms with Gasteiger partial charge in [-0.25, -0.2) is 9.18 Å². The van der Waals surface area contributed by atoms with Crippen LogP contribution in [-0.4, -0.2) is 6.03 Å². The van der Waals surface area contributed by atoms with Gasteiger partial charge in [0, 0.05) is 0 Å². The van der Waals surface area contributed by atoms with Crippen molar-refractivity contribution in [1.29, 1.82) is 0 Å². The Hall–Kier alpha value is -3.28. The van der Waals surface area contributed by atoms with E-state index < -0.39 is 11.8 Å². The van der Waals surface area contributed by atoms with Gasteiger partial charge in [0.05, 0.1) is 12.8 Å². The molecule has 24 heavy (non-hydrogen) atoms. The fourth-order valence-electron chi connectivity index (χ4n) is 2.06. The van der Waals surface area contributed by atoms with Gasteiger partial charge in [0.25, 0.3) is 0 Å².